The van der Waals surface area contributed by atoms with Crippen molar-refractivity contribution in [2.45, 2.75) is 24.2 Å². The van der Waals surface area contributed by atoms with Gasteiger partial charge in [-0.25, -0.2) is 0 Å². The lowest BCUT2D eigenvalue weighted by molar-refractivity contribution is 0.927. The smallest absolute Gasteiger partial charge is 0.0356 e. The molecule has 1 heteroatoms. The first-order valence-corrected chi connectivity index (χ1v) is 5.19. The first-order valence-electron chi connectivity index (χ1n) is 3.94. The third-order valence-electron chi connectivity index (χ3n) is 1.80. The first kappa shape index (κ1) is 9.04. The molecule has 1 rings (SSSR count). The Balaban J connectivity index is 2.81. The molecule has 0 aliphatic carbocycles. The van der Waals surface area contributed by atoms with E-state index >= 15 is 0 Å². The van der Waals surface area contributed by atoms with Crippen LogP contribution in [0, 0.1) is 6.92 Å². The lowest BCUT2D eigenvalue weighted by Gasteiger charge is -2.06. The average molecular weight is 260 g/mol. The Kier molecular flexibility index (Phi) is 3.37. The van der Waals surface area contributed by atoms with Gasteiger partial charge in [0.25, 0.3) is 0 Å². The first-order chi connectivity index (χ1) is 5.24. The average Bonchev–Trinajstić information content (AvgIpc) is 2.05. The van der Waals surface area contributed by atoms with E-state index in [0.717, 1.165) is 0 Å². The second-order valence-corrected chi connectivity index (χ2v) is 4.29. The molecule has 60 valence electrons. The quantitative estimate of drug-likeness (QED) is 0.559. The zero-order chi connectivity index (χ0) is 8.27. The molecule has 0 saturated heterocycles. The monoisotopic (exact) mass is 260 g/mol. The van der Waals surface area contributed by atoms with Crippen molar-refractivity contribution in [3.63, 3.8) is 0 Å². The van der Waals surface area contributed by atoms with E-state index in [1.807, 2.05) is 0 Å². The summed E-state index contributed by atoms with van der Waals surface area (Å²) in [4.78, 5) is 0. The van der Waals surface area contributed by atoms with E-state index in [-0.39, 0.29) is 0 Å². The van der Waals surface area contributed by atoms with Gasteiger partial charge in [-0.3, -0.25) is 0 Å². The second-order valence-electron chi connectivity index (χ2n) is 2.79. The van der Waals surface area contributed by atoms with Crippen molar-refractivity contribution in [1.29, 1.82) is 0 Å². The van der Waals surface area contributed by atoms with Crippen molar-refractivity contribution >= 4 is 22.6 Å². The van der Waals surface area contributed by atoms with Gasteiger partial charge in [0.15, 0.2) is 0 Å². The highest BCUT2D eigenvalue weighted by Gasteiger charge is 2.01. The predicted octanol–water partition coefficient (Wildman–Crippen LogP) is 3.88. The van der Waals surface area contributed by atoms with Gasteiger partial charge in [-0.05, 0) is 18.9 Å². The third kappa shape index (κ3) is 2.47. The maximum Gasteiger partial charge on any atom is 0.0356 e. The Morgan fingerprint density at radius 2 is 1.82 bits per heavy atom. The van der Waals surface area contributed by atoms with Gasteiger partial charge in [0.05, 0.1) is 0 Å². The molecule has 0 aliphatic heterocycles. The molecule has 0 heterocycles. The van der Waals surface area contributed by atoms with Crippen molar-refractivity contribution < 1.29 is 0 Å². The van der Waals surface area contributed by atoms with Crippen LogP contribution in [0.5, 0.6) is 0 Å². The lowest BCUT2D eigenvalue weighted by Crippen LogP contribution is -1.86. The van der Waals surface area contributed by atoms with Crippen LogP contribution in [0.25, 0.3) is 0 Å². The molecule has 11 heavy (non-hydrogen) atoms. The highest BCUT2D eigenvalue weighted by molar-refractivity contribution is 14.1. The highest BCUT2D eigenvalue weighted by Crippen LogP contribution is 2.26. The summed E-state index contributed by atoms with van der Waals surface area (Å²) in [6, 6.07) is 8.79. The van der Waals surface area contributed by atoms with Gasteiger partial charge in [0, 0.05) is 3.92 Å². The van der Waals surface area contributed by atoms with E-state index in [1.54, 1.807) is 0 Å². The van der Waals surface area contributed by atoms with Gasteiger partial charge < -0.3 is 0 Å². The normalized spacial score (nSPS) is 13.0. The minimum absolute atomic E-state index is 0.674. The summed E-state index contributed by atoms with van der Waals surface area (Å²) in [6.45, 7) is 4.34. The van der Waals surface area contributed by atoms with E-state index in [4.69, 9.17) is 0 Å². The molecule has 0 saturated carbocycles. The van der Waals surface area contributed by atoms with Gasteiger partial charge >= 0.3 is 0 Å². The molecule has 0 spiro atoms. The van der Waals surface area contributed by atoms with E-state index in [9.17, 15) is 0 Å². The fraction of sp³-hybridized carbons (Fsp3) is 0.400. The van der Waals surface area contributed by atoms with Gasteiger partial charge in [0.2, 0.25) is 0 Å². The van der Waals surface area contributed by atoms with Crippen molar-refractivity contribution in [2.75, 3.05) is 0 Å². The van der Waals surface area contributed by atoms with Crippen molar-refractivity contribution in [1.82, 2.24) is 0 Å². The van der Waals surface area contributed by atoms with Crippen LogP contribution in [0.4, 0.5) is 0 Å². The van der Waals surface area contributed by atoms with Crippen LogP contribution in [0.15, 0.2) is 24.3 Å². The maximum absolute atomic E-state index is 2.48. The third-order valence-corrected chi connectivity index (χ3v) is 3.40. The molecule has 1 aromatic carbocycles. The number of alkyl halides is 1. The summed E-state index contributed by atoms with van der Waals surface area (Å²) in [5.74, 6) is 0. The summed E-state index contributed by atoms with van der Waals surface area (Å²) in [6.07, 6.45) is 1.21. The van der Waals surface area contributed by atoms with E-state index in [2.05, 4.69) is 60.7 Å². The summed E-state index contributed by atoms with van der Waals surface area (Å²) in [5.41, 5.74) is 2.78. The summed E-state index contributed by atoms with van der Waals surface area (Å²) >= 11 is 2.48. The zero-order valence-electron chi connectivity index (χ0n) is 6.97. The predicted molar refractivity (Wildman–Crippen MR) is 58.2 cm³/mol. The van der Waals surface area contributed by atoms with E-state index < -0.39 is 0 Å². The van der Waals surface area contributed by atoms with Crippen LogP contribution in [-0.4, -0.2) is 0 Å². The van der Waals surface area contributed by atoms with Crippen molar-refractivity contribution in [3.05, 3.63) is 35.4 Å². The lowest BCUT2D eigenvalue weighted by atomic mass is 10.1. The Bertz CT molecular complexity index is 213. The van der Waals surface area contributed by atoms with Crippen LogP contribution in [-0.2, 0) is 0 Å². The minimum Gasteiger partial charge on any atom is -0.0774 e. The number of hydrogen-bond acceptors (Lipinski definition) is 0. The number of hydrogen-bond donors (Lipinski definition) is 0. The Hall–Kier alpha value is -0.0500. The van der Waals surface area contributed by atoms with Gasteiger partial charge in [-0.1, -0.05) is 59.3 Å². The fourth-order valence-corrected chi connectivity index (χ4v) is 1.43. The van der Waals surface area contributed by atoms with E-state index in [1.165, 1.54) is 17.5 Å². The number of benzene rings is 1. The van der Waals surface area contributed by atoms with Crippen molar-refractivity contribution in [3.8, 4) is 0 Å². The highest BCUT2D eigenvalue weighted by atomic mass is 127. The summed E-state index contributed by atoms with van der Waals surface area (Å²) in [5, 5.41) is 0. The molecule has 1 atom stereocenters. The molecule has 0 aliphatic rings. The molecule has 0 aromatic heterocycles. The number of halogens is 1. The van der Waals surface area contributed by atoms with Crippen molar-refractivity contribution in [2.24, 2.45) is 0 Å². The van der Waals surface area contributed by atoms with Crippen LogP contribution in [0.1, 0.15) is 28.4 Å². The molecule has 0 fully saturated rings. The molecule has 0 N–H and O–H groups in total. The molecule has 1 unspecified atom stereocenters. The molecule has 0 nitrogen and oxygen atoms in total. The molecular formula is C10H13I. The Morgan fingerprint density at radius 3 is 2.27 bits per heavy atom. The SMILES string of the molecule is CCC(I)c1ccc(C)cc1. The Labute approximate surface area is 82.2 Å². The zero-order valence-corrected chi connectivity index (χ0v) is 9.13. The standard InChI is InChI=1S/C10H13I/c1-3-10(11)9-6-4-8(2)5-7-9/h4-7,10H,3H2,1-2H3. The van der Waals surface area contributed by atoms with Crippen LogP contribution in [0.2, 0.25) is 0 Å². The molecule has 1 aromatic rings. The number of rotatable bonds is 2. The Morgan fingerprint density at radius 1 is 1.27 bits per heavy atom. The molecular weight excluding hydrogens is 247 g/mol. The van der Waals surface area contributed by atoms with Gasteiger partial charge in [-0.15, -0.1) is 0 Å². The summed E-state index contributed by atoms with van der Waals surface area (Å²) in [7, 11) is 0. The summed E-state index contributed by atoms with van der Waals surface area (Å²) < 4.78 is 0.674. The molecule has 0 amide bonds. The fourth-order valence-electron chi connectivity index (χ4n) is 1.01. The number of aryl methyl sites for hydroxylation is 1. The minimum atomic E-state index is 0.674. The van der Waals surface area contributed by atoms with Crippen LogP contribution in [0.3, 0.4) is 0 Å². The topological polar surface area (TPSA) is 0 Å². The molecule has 0 bridgehead atoms. The maximum atomic E-state index is 2.48. The van der Waals surface area contributed by atoms with Crippen LogP contribution < -0.4 is 0 Å². The molecule has 0 radical (unpaired) electrons. The second kappa shape index (κ2) is 4.10. The van der Waals surface area contributed by atoms with Gasteiger partial charge in [-0.2, -0.15) is 0 Å². The largest absolute Gasteiger partial charge is 0.0774 e. The van der Waals surface area contributed by atoms with Gasteiger partial charge in [0.1, 0.15) is 0 Å². The van der Waals surface area contributed by atoms with Crippen LogP contribution >= 0.6 is 22.6 Å². The van der Waals surface area contributed by atoms with E-state index in [0.29, 0.717) is 3.92 Å².